The van der Waals surface area contributed by atoms with E-state index in [1.54, 1.807) is 0 Å². The zero-order valence-corrected chi connectivity index (χ0v) is 5.50. The summed E-state index contributed by atoms with van der Waals surface area (Å²) in [6.07, 6.45) is 0. The van der Waals surface area contributed by atoms with Crippen LogP contribution in [0.15, 0.2) is 0 Å². The Hall–Kier alpha value is 1.01. The van der Waals surface area contributed by atoms with Crippen LogP contribution >= 0.6 is 0 Å². The van der Waals surface area contributed by atoms with E-state index in [2.05, 4.69) is 0 Å². The van der Waals surface area contributed by atoms with Crippen LogP contribution in [0.4, 0.5) is 0 Å². The molecule has 0 heterocycles. The van der Waals surface area contributed by atoms with Gasteiger partial charge in [0.05, 0.1) is 0 Å². The van der Waals surface area contributed by atoms with Gasteiger partial charge in [0.1, 0.15) is 0 Å². The van der Waals surface area contributed by atoms with Gasteiger partial charge in [0.2, 0.25) is 0 Å². The minimum absolute atomic E-state index is 0. The van der Waals surface area contributed by atoms with Crippen LogP contribution in [-0.4, -0.2) is 60.4 Å². The van der Waals surface area contributed by atoms with E-state index in [-0.39, 0.29) is 38.0 Å². The van der Waals surface area contributed by atoms with E-state index in [0.717, 1.165) is 0 Å². The van der Waals surface area contributed by atoms with E-state index < -0.39 is 7.32 Å². The number of hydrogen-bond acceptors (Lipinski definition) is 3. The summed E-state index contributed by atoms with van der Waals surface area (Å²) in [7, 11) is -2.17. The van der Waals surface area contributed by atoms with Crippen LogP contribution in [0.1, 0.15) is 0 Å². The van der Waals surface area contributed by atoms with E-state index in [4.69, 9.17) is 15.1 Å². The second kappa shape index (κ2) is 9.38. The third kappa shape index (κ3) is 79.0. The molecule has 0 aromatic heterocycles. The van der Waals surface area contributed by atoms with Crippen molar-refractivity contribution in [2.75, 3.05) is 0 Å². The zero-order valence-electron chi connectivity index (χ0n) is 3.50. The molecule has 3 nitrogen and oxygen atoms in total. The van der Waals surface area contributed by atoms with Gasteiger partial charge in [0.15, 0.2) is 0 Å². The minimum atomic E-state index is -2.17. The molecule has 6 heteroatoms. The Kier molecular flexibility index (Phi) is 24.6. The standard InChI is InChI=1S/BH3O3.B.Na/c2-1(3)4;;/h2-4H;;. The number of hydrogen-bond donors (Lipinski definition) is 3. The first-order chi connectivity index (χ1) is 1.73. The van der Waals surface area contributed by atoms with Gasteiger partial charge in [-0.05, 0) is 0 Å². The summed E-state index contributed by atoms with van der Waals surface area (Å²) in [5, 5.41) is 21.5. The Morgan fingerprint density at radius 1 is 1.00 bits per heavy atom. The van der Waals surface area contributed by atoms with Crippen molar-refractivity contribution in [2.24, 2.45) is 0 Å². The zero-order chi connectivity index (χ0) is 3.58. The average molecular weight is 95.6 g/mol. The molecule has 0 atom stereocenters. The first-order valence-electron chi connectivity index (χ1n) is 0.775. The smallest absolute Gasteiger partial charge is 0.402 e. The van der Waals surface area contributed by atoms with E-state index in [9.17, 15) is 0 Å². The topological polar surface area (TPSA) is 60.7 Å². The van der Waals surface area contributed by atoms with Crippen molar-refractivity contribution in [2.45, 2.75) is 0 Å². The summed E-state index contributed by atoms with van der Waals surface area (Å²) < 4.78 is 0. The van der Waals surface area contributed by atoms with Crippen molar-refractivity contribution in [3.05, 3.63) is 0 Å². The number of rotatable bonds is 0. The summed E-state index contributed by atoms with van der Waals surface area (Å²) in [4.78, 5) is 0. The molecule has 4 radical (unpaired) electrons. The van der Waals surface area contributed by atoms with Gasteiger partial charge in [-0.25, -0.2) is 0 Å². The molecule has 0 rings (SSSR count). The van der Waals surface area contributed by atoms with Gasteiger partial charge in [-0.1, -0.05) is 0 Å². The van der Waals surface area contributed by atoms with Crippen LogP contribution < -0.4 is 0 Å². The molecule has 0 amide bonds. The van der Waals surface area contributed by atoms with Gasteiger partial charge in [0, 0.05) is 38.0 Å². The maximum Gasteiger partial charge on any atom is 0.631 e. The summed E-state index contributed by atoms with van der Waals surface area (Å²) in [5.41, 5.74) is 0. The molecule has 0 bridgehead atoms. The quantitative estimate of drug-likeness (QED) is 0.285. The van der Waals surface area contributed by atoms with Gasteiger partial charge < -0.3 is 15.1 Å². The molecular weight excluding hydrogens is 92.6 g/mol. The fraction of sp³-hybridized carbons (Fsp3) is 0. The van der Waals surface area contributed by atoms with Gasteiger partial charge in [-0.3, -0.25) is 0 Å². The Bertz CT molecular complexity index is 13.5. The van der Waals surface area contributed by atoms with Crippen LogP contribution in [0.25, 0.3) is 0 Å². The molecular formula is H3B2NaO3. The molecule has 0 fully saturated rings. The summed E-state index contributed by atoms with van der Waals surface area (Å²) in [6.45, 7) is 0. The summed E-state index contributed by atoms with van der Waals surface area (Å²) >= 11 is 0. The average Bonchev–Trinajstić information content (AvgIpc) is 0.811. The molecule has 3 N–H and O–H groups in total. The molecule has 0 unspecified atom stereocenters. The van der Waals surface area contributed by atoms with Crippen molar-refractivity contribution in [3.8, 4) is 0 Å². The van der Waals surface area contributed by atoms with Crippen LogP contribution in [-0.2, 0) is 0 Å². The molecule has 0 aliphatic heterocycles. The molecule has 0 aromatic rings. The van der Waals surface area contributed by atoms with Gasteiger partial charge in [-0.15, -0.1) is 0 Å². The summed E-state index contributed by atoms with van der Waals surface area (Å²) in [5.74, 6) is 0. The fourth-order valence-corrected chi connectivity index (χ4v) is 0. The second-order valence-corrected chi connectivity index (χ2v) is 0.346. The van der Waals surface area contributed by atoms with Gasteiger partial charge in [0.25, 0.3) is 0 Å². The molecule has 0 aliphatic carbocycles. The Labute approximate surface area is 60.4 Å². The second-order valence-electron chi connectivity index (χ2n) is 0.346. The SMILES string of the molecule is OB(O)O.[B].[Na]. The maximum atomic E-state index is 7.17. The Morgan fingerprint density at radius 3 is 1.00 bits per heavy atom. The predicted octanol–water partition coefficient (Wildman–Crippen LogP) is -2.81. The minimum Gasteiger partial charge on any atom is -0.402 e. The first-order valence-corrected chi connectivity index (χ1v) is 0.775. The van der Waals surface area contributed by atoms with E-state index >= 15 is 0 Å². The molecule has 0 spiro atoms. The largest absolute Gasteiger partial charge is 0.631 e. The first kappa shape index (κ1) is 15.7. The third-order valence-corrected chi connectivity index (χ3v) is 0. The van der Waals surface area contributed by atoms with Crippen molar-refractivity contribution in [3.63, 3.8) is 0 Å². The molecule has 0 aromatic carbocycles. The predicted molar refractivity (Wildman–Crippen MR) is 23.9 cm³/mol. The third-order valence-electron chi connectivity index (χ3n) is 0. The Balaban J connectivity index is -0.0000000450. The van der Waals surface area contributed by atoms with Crippen molar-refractivity contribution in [1.82, 2.24) is 0 Å². The monoisotopic (exact) mass is 96.0 g/mol. The molecule has 28 valence electrons. The summed E-state index contributed by atoms with van der Waals surface area (Å²) in [6, 6.07) is 0. The van der Waals surface area contributed by atoms with Crippen molar-refractivity contribution < 1.29 is 15.1 Å². The van der Waals surface area contributed by atoms with Crippen LogP contribution in [0.5, 0.6) is 0 Å². The van der Waals surface area contributed by atoms with Crippen molar-refractivity contribution >= 4 is 45.3 Å². The molecule has 0 saturated carbocycles. The molecule has 0 aliphatic rings. The van der Waals surface area contributed by atoms with E-state index in [1.807, 2.05) is 0 Å². The Morgan fingerprint density at radius 2 is 1.00 bits per heavy atom. The van der Waals surface area contributed by atoms with E-state index in [1.165, 1.54) is 0 Å². The molecule has 6 heavy (non-hydrogen) atoms. The van der Waals surface area contributed by atoms with Crippen molar-refractivity contribution in [1.29, 1.82) is 0 Å². The normalized spacial score (nSPS) is 4.50. The maximum absolute atomic E-state index is 7.17. The molecule has 0 saturated heterocycles. The van der Waals surface area contributed by atoms with Crippen LogP contribution in [0.2, 0.25) is 0 Å². The van der Waals surface area contributed by atoms with Gasteiger partial charge in [-0.2, -0.15) is 0 Å². The van der Waals surface area contributed by atoms with E-state index in [0.29, 0.717) is 0 Å². The van der Waals surface area contributed by atoms with Gasteiger partial charge >= 0.3 is 7.32 Å². The fourth-order valence-electron chi connectivity index (χ4n) is 0. The van der Waals surface area contributed by atoms with Crippen LogP contribution in [0.3, 0.4) is 0 Å². The van der Waals surface area contributed by atoms with Crippen LogP contribution in [0, 0.1) is 0 Å².